The van der Waals surface area contributed by atoms with Gasteiger partial charge in [0.05, 0.1) is 0 Å². The average molecular weight is 211 g/mol. The molecule has 1 saturated carbocycles. The highest BCUT2D eigenvalue weighted by molar-refractivity contribution is 5.38. The van der Waals surface area contributed by atoms with Gasteiger partial charge < -0.3 is 5.73 Å². The first-order valence-corrected chi connectivity index (χ1v) is 5.09. The Labute approximate surface area is 88.3 Å². The molecule has 0 amide bonds. The Morgan fingerprint density at radius 2 is 1.93 bits per heavy atom. The molecule has 0 bridgehead atoms. The van der Waals surface area contributed by atoms with Crippen molar-refractivity contribution in [3.05, 3.63) is 35.4 Å². The molecule has 2 N–H and O–H groups in total. The standard InChI is InChI=1S/C12H15F2N/c1-11(2)6-12(11,7-15)8-4-3-5-9(13)10(8)14/h3-5H,6-7,15H2,1-2H3. The Balaban J connectivity index is 2.51. The summed E-state index contributed by atoms with van der Waals surface area (Å²) in [6.07, 6.45) is 0.816. The maximum Gasteiger partial charge on any atom is 0.162 e. The van der Waals surface area contributed by atoms with Crippen LogP contribution >= 0.6 is 0 Å². The minimum atomic E-state index is -0.789. The van der Waals surface area contributed by atoms with Crippen LogP contribution in [0.3, 0.4) is 0 Å². The van der Waals surface area contributed by atoms with E-state index in [-0.39, 0.29) is 10.8 Å². The number of nitrogens with two attached hydrogens (primary N) is 1. The lowest BCUT2D eigenvalue weighted by Crippen LogP contribution is -2.26. The van der Waals surface area contributed by atoms with Crippen LogP contribution in [0.25, 0.3) is 0 Å². The van der Waals surface area contributed by atoms with Gasteiger partial charge in [-0.15, -0.1) is 0 Å². The molecule has 1 fully saturated rings. The largest absolute Gasteiger partial charge is 0.330 e. The van der Waals surface area contributed by atoms with Crippen molar-refractivity contribution in [3.63, 3.8) is 0 Å². The average Bonchev–Trinajstić information content (AvgIpc) is 2.74. The van der Waals surface area contributed by atoms with Crippen LogP contribution in [0.4, 0.5) is 8.78 Å². The zero-order chi connectivity index (χ0) is 11.3. The van der Waals surface area contributed by atoms with Crippen molar-refractivity contribution in [1.29, 1.82) is 0 Å². The van der Waals surface area contributed by atoms with Crippen molar-refractivity contribution in [2.24, 2.45) is 11.1 Å². The number of benzene rings is 1. The lowest BCUT2D eigenvalue weighted by Gasteiger charge is -2.19. The van der Waals surface area contributed by atoms with Crippen molar-refractivity contribution in [2.75, 3.05) is 6.54 Å². The van der Waals surface area contributed by atoms with Gasteiger partial charge in [-0.3, -0.25) is 0 Å². The topological polar surface area (TPSA) is 26.0 Å². The second kappa shape index (κ2) is 3.01. The van der Waals surface area contributed by atoms with Crippen LogP contribution in [0.15, 0.2) is 18.2 Å². The molecule has 0 heterocycles. The highest BCUT2D eigenvalue weighted by atomic mass is 19.2. The third-order valence-electron chi connectivity index (χ3n) is 3.73. The number of hydrogen-bond acceptors (Lipinski definition) is 1. The first kappa shape index (κ1) is 10.6. The summed E-state index contributed by atoms with van der Waals surface area (Å²) in [5, 5.41) is 0. The van der Waals surface area contributed by atoms with Gasteiger partial charge in [0.25, 0.3) is 0 Å². The highest BCUT2D eigenvalue weighted by Crippen LogP contribution is 2.64. The molecule has 0 aromatic heterocycles. The predicted molar refractivity (Wildman–Crippen MR) is 55.5 cm³/mol. The molecule has 2 rings (SSSR count). The predicted octanol–water partition coefficient (Wildman–Crippen LogP) is 2.59. The lowest BCUT2D eigenvalue weighted by molar-refractivity contribution is 0.448. The zero-order valence-corrected chi connectivity index (χ0v) is 8.98. The Bertz CT molecular complexity index is 401. The van der Waals surface area contributed by atoms with E-state index in [4.69, 9.17) is 5.73 Å². The number of hydrogen-bond donors (Lipinski definition) is 1. The smallest absolute Gasteiger partial charge is 0.162 e. The molecule has 1 aliphatic carbocycles. The number of rotatable bonds is 2. The normalized spacial score (nSPS) is 27.8. The van der Waals surface area contributed by atoms with Crippen molar-refractivity contribution in [2.45, 2.75) is 25.7 Å². The van der Waals surface area contributed by atoms with E-state index >= 15 is 0 Å². The van der Waals surface area contributed by atoms with Crippen molar-refractivity contribution < 1.29 is 8.78 Å². The van der Waals surface area contributed by atoms with Gasteiger partial charge >= 0.3 is 0 Å². The molecule has 1 aliphatic rings. The summed E-state index contributed by atoms with van der Waals surface area (Å²) in [4.78, 5) is 0. The Morgan fingerprint density at radius 3 is 2.40 bits per heavy atom. The molecule has 82 valence electrons. The van der Waals surface area contributed by atoms with E-state index in [0.29, 0.717) is 12.1 Å². The third kappa shape index (κ3) is 1.29. The first-order chi connectivity index (χ1) is 6.94. The van der Waals surface area contributed by atoms with Gasteiger partial charge in [0, 0.05) is 12.0 Å². The van der Waals surface area contributed by atoms with E-state index in [9.17, 15) is 8.78 Å². The highest BCUT2D eigenvalue weighted by Gasteiger charge is 2.62. The van der Waals surface area contributed by atoms with Crippen LogP contribution in [0, 0.1) is 17.0 Å². The quantitative estimate of drug-likeness (QED) is 0.799. The molecule has 1 nitrogen and oxygen atoms in total. The molecule has 1 aromatic carbocycles. The SMILES string of the molecule is CC1(C)CC1(CN)c1cccc(F)c1F. The third-order valence-corrected chi connectivity index (χ3v) is 3.73. The summed E-state index contributed by atoms with van der Waals surface area (Å²) in [5.41, 5.74) is 5.73. The molecule has 0 saturated heterocycles. The summed E-state index contributed by atoms with van der Waals surface area (Å²) in [6, 6.07) is 4.32. The minimum Gasteiger partial charge on any atom is -0.330 e. The fourth-order valence-electron chi connectivity index (χ4n) is 2.50. The van der Waals surface area contributed by atoms with Gasteiger partial charge in [-0.25, -0.2) is 8.78 Å². The molecule has 0 aliphatic heterocycles. The zero-order valence-electron chi connectivity index (χ0n) is 8.98. The minimum absolute atomic E-state index is 0.0314. The van der Waals surface area contributed by atoms with Crippen molar-refractivity contribution >= 4 is 0 Å². The summed E-state index contributed by atoms with van der Waals surface area (Å²) < 4.78 is 26.7. The second-order valence-corrected chi connectivity index (χ2v) is 4.95. The lowest BCUT2D eigenvalue weighted by atomic mass is 9.87. The molecule has 1 atom stereocenters. The molecule has 3 heteroatoms. The fourth-order valence-corrected chi connectivity index (χ4v) is 2.50. The van der Waals surface area contributed by atoms with E-state index in [1.54, 1.807) is 12.1 Å². The molecular formula is C12H15F2N. The Kier molecular flexibility index (Phi) is 2.12. The van der Waals surface area contributed by atoms with Gasteiger partial charge in [0.2, 0.25) is 0 Å². The maximum atomic E-state index is 13.6. The van der Waals surface area contributed by atoms with Crippen LogP contribution in [-0.4, -0.2) is 6.54 Å². The van der Waals surface area contributed by atoms with Gasteiger partial charge in [0.1, 0.15) is 0 Å². The van der Waals surface area contributed by atoms with Crippen LogP contribution < -0.4 is 5.73 Å². The van der Waals surface area contributed by atoms with Crippen LogP contribution in [0.1, 0.15) is 25.8 Å². The monoisotopic (exact) mass is 211 g/mol. The van der Waals surface area contributed by atoms with Crippen molar-refractivity contribution in [1.82, 2.24) is 0 Å². The molecule has 15 heavy (non-hydrogen) atoms. The summed E-state index contributed by atoms with van der Waals surface area (Å²) >= 11 is 0. The molecular weight excluding hydrogens is 196 g/mol. The van der Waals surface area contributed by atoms with E-state index in [2.05, 4.69) is 0 Å². The molecule has 0 radical (unpaired) electrons. The van der Waals surface area contributed by atoms with Gasteiger partial charge in [-0.1, -0.05) is 26.0 Å². The van der Waals surface area contributed by atoms with Gasteiger partial charge in [0.15, 0.2) is 11.6 Å². The van der Waals surface area contributed by atoms with E-state index in [1.165, 1.54) is 0 Å². The Morgan fingerprint density at radius 1 is 1.33 bits per heavy atom. The van der Waals surface area contributed by atoms with Crippen molar-refractivity contribution in [3.8, 4) is 0 Å². The summed E-state index contributed by atoms with van der Waals surface area (Å²) in [5.74, 6) is -1.53. The summed E-state index contributed by atoms with van der Waals surface area (Å²) in [7, 11) is 0. The first-order valence-electron chi connectivity index (χ1n) is 5.09. The molecule has 0 spiro atoms. The van der Waals surface area contributed by atoms with Gasteiger partial charge in [-0.2, -0.15) is 0 Å². The van der Waals surface area contributed by atoms with E-state index in [1.807, 2.05) is 13.8 Å². The van der Waals surface area contributed by atoms with Crippen LogP contribution in [-0.2, 0) is 5.41 Å². The van der Waals surface area contributed by atoms with Crippen LogP contribution in [0.2, 0.25) is 0 Å². The maximum absolute atomic E-state index is 13.6. The van der Waals surface area contributed by atoms with E-state index in [0.717, 1.165) is 12.5 Å². The fraction of sp³-hybridized carbons (Fsp3) is 0.500. The summed E-state index contributed by atoms with van der Waals surface area (Å²) in [6.45, 7) is 4.43. The van der Waals surface area contributed by atoms with Gasteiger partial charge in [-0.05, 0) is 23.5 Å². The molecule has 1 unspecified atom stereocenters. The van der Waals surface area contributed by atoms with Crippen LogP contribution in [0.5, 0.6) is 0 Å². The molecule has 1 aromatic rings. The second-order valence-electron chi connectivity index (χ2n) is 4.95. The van der Waals surface area contributed by atoms with E-state index < -0.39 is 11.6 Å². The Hall–Kier alpha value is -0.960. The number of halogens is 2.